The molecule has 0 aromatic heterocycles. The molecule has 2 nitrogen and oxygen atoms in total. The van der Waals surface area contributed by atoms with E-state index in [1.54, 1.807) is 6.07 Å². The number of hydrogen-bond donors (Lipinski definition) is 1. The molecular formula is C15H13Cl2NO. The zero-order valence-electron chi connectivity index (χ0n) is 10.1. The first-order valence-corrected chi connectivity index (χ1v) is 6.87. The predicted octanol–water partition coefficient (Wildman–Crippen LogP) is 4.52. The van der Waals surface area contributed by atoms with Crippen molar-refractivity contribution in [1.29, 1.82) is 0 Å². The second-order valence-corrected chi connectivity index (χ2v) is 5.47. The van der Waals surface area contributed by atoms with Crippen molar-refractivity contribution in [1.82, 2.24) is 0 Å². The zero-order valence-corrected chi connectivity index (χ0v) is 11.7. The Kier molecular flexibility index (Phi) is 3.40. The third kappa shape index (κ3) is 2.44. The summed E-state index contributed by atoms with van der Waals surface area (Å²) < 4.78 is 6.00. The normalized spacial score (nSPS) is 21.6. The van der Waals surface area contributed by atoms with E-state index in [4.69, 9.17) is 33.7 Å². The van der Waals surface area contributed by atoms with Crippen LogP contribution in [0.15, 0.2) is 42.5 Å². The first-order chi connectivity index (χ1) is 9.15. The number of nitrogens with two attached hydrogens (primary N) is 1. The van der Waals surface area contributed by atoms with Gasteiger partial charge in [-0.1, -0.05) is 47.5 Å². The first kappa shape index (κ1) is 12.8. The third-order valence-corrected chi connectivity index (χ3v) is 4.11. The van der Waals surface area contributed by atoms with Crippen molar-refractivity contribution in [3.63, 3.8) is 0 Å². The van der Waals surface area contributed by atoms with E-state index >= 15 is 0 Å². The lowest BCUT2D eigenvalue weighted by molar-refractivity contribution is 0.161. The zero-order chi connectivity index (χ0) is 13.4. The Hall–Kier alpha value is -1.22. The Labute approximate surface area is 122 Å². The van der Waals surface area contributed by atoms with Crippen molar-refractivity contribution in [2.45, 2.75) is 18.6 Å². The first-order valence-electron chi connectivity index (χ1n) is 6.11. The third-order valence-electron chi connectivity index (χ3n) is 3.37. The molecular weight excluding hydrogens is 281 g/mol. The molecule has 0 radical (unpaired) electrons. The van der Waals surface area contributed by atoms with Crippen LogP contribution in [0, 0.1) is 0 Å². The van der Waals surface area contributed by atoms with Gasteiger partial charge in [0, 0.05) is 18.0 Å². The van der Waals surface area contributed by atoms with Crippen LogP contribution in [0.2, 0.25) is 10.0 Å². The maximum atomic E-state index is 6.20. The summed E-state index contributed by atoms with van der Waals surface area (Å²) in [5, 5.41) is 1.08. The highest BCUT2D eigenvalue weighted by atomic mass is 35.5. The van der Waals surface area contributed by atoms with Crippen molar-refractivity contribution in [2.24, 2.45) is 5.73 Å². The largest absolute Gasteiger partial charge is 0.485 e. The highest BCUT2D eigenvalue weighted by molar-refractivity contribution is 6.42. The lowest BCUT2D eigenvalue weighted by Crippen LogP contribution is -2.24. The maximum Gasteiger partial charge on any atom is 0.126 e. The minimum absolute atomic E-state index is 0.0237. The van der Waals surface area contributed by atoms with E-state index in [1.807, 2.05) is 36.4 Å². The minimum atomic E-state index is -0.0836. The van der Waals surface area contributed by atoms with E-state index in [0.717, 1.165) is 23.3 Å². The lowest BCUT2D eigenvalue weighted by atomic mass is 9.94. The van der Waals surface area contributed by atoms with E-state index in [9.17, 15) is 0 Å². The maximum absolute atomic E-state index is 6.20. The molecule has 0 unspecified atom stereocenters. The molecule has 2 aromatic carbocycles. The van der Waals surface area contributed by atoms with Crippen molar-refractivity contribution < 1.29 is 4.74 Å². The van der Waals surface area contributed by atoms with Crippen LogP contribution in [0.25, 0.3) is 0 Å². The molecule has 1 aliphatic heterocycles. The summed E-state index contributed by atoms with van der Waals surface area (Å²) in [6, 6.07) is 13.4. The number of hydrogen-bond acceptors (Lipinski definition) is 2. The molecule has 0 amide bonds. The summed E-state index contributed by atoms with van der Waals surface area (Å²) in [6.45, 7) is 0. The lowest BCUT2D eigenvalue weighted by Gasteiger charge is -2.30. The van der Waals surface area contributed by atoms with Gasteiger partial charge in [0.1, 0.15) is 11.9 Å². The summed E-state index contributed by atoms with van der Waals surface area (Å²) in [5.74, 6) is 0.845. The number of fused-ring (bicyclic) bond motifs is 1. The highest BCUT2D eigenvalue weighted by Crippen LogP contribution is 2.40. The molecule has 1 heterocycles. The molecule has 2 aromatic rings. The van der Waals surface area contributed by atoms with Crippen molar-refractivity contribution in [2.75, 3.05) is 0 Å². The van der Waals surface area contributed by atoms with Gasteiger partial charge in [-0.05, 0) is 23.8 Å². The summed E-state index contributed by atoms with van der Waals surface area (Å²) >= 11 is 12.0. The van der Waals surface area contributed by atoms with Gasteiger partial charge >= 0.3 is 0 Å². The van der Waals surface area contributed by atoms with E-state index in [0.29, 0.717) is 10.0 Å². The van der Waals surface area contributed by atoms with Crippen LogP contribution in [0.4, 0.5) is 0 Å². The van der Waals surface area contributed by atoms with E-state index < -0.39 is 0 Å². The number of benzene rings is 2. The molecule has 0 bridgehead atoms. The Morgan fingerprint density at radius 3 is 2.63 bits per heavy atom. The van der Waals surface area contributed by atoms with Gasteiger partial charge in [0.05, 0.1) is 10.0 Å². The van der Waals surface area contributed by atoms with Crippen molar-refractivity contribution >= 4 is 23.2 Å². The van der Waals surface area contributed by atoms with Gasteiger partial charge in [-0.25, -0.2) is 0 Å². The molecule has 2 atom stereocenters. The van der Waals surface area contributed by atoms with Crippen LogP contribution in [0.1, 0.15) is 29.7 Å². The topological polar surface area (TPSA) is 35.2 Å². The summed E-state index contributed by atoms with van der Waals surface area (Å²) in [4.78, 5) is 0. The van der Waals surface area contributed by atoms with Crippen LogP contribution in [-0.2, 0) is 0 Å². The van der Waals surface area contributed by atoms with Crippen LogP contribution in [-0.4, -0.2) is 0 Å². The van der Waals surface area contributed by atoms with E-state index in [1.165, 1.54) is 0 Å². The minimum Gasteiger partial charge on any atom is -0.485 e. The fourth-order valence-corrected chi connectivity index (χ4v) is 2.68. The molecule has 0 fully saturated rings. The second-order valence-electron chi connectivity index (χ2n) is 4.66. The van der Waals surface area contributed by atoms with Gasteiger partial charge in [0.25, 0.3) is 0 Å². The van der Waals surface area contributed by atoms with Gasteiger partial charge in [-0.3, -0.25) is 0 Å². The Balaban J connectivity index is 1.94. The van der Waals surface area contributed by atoms with Crippen molar-refractivity contribution in [3.8, 4) is 5.75 Å². The molecule has 4 heteroatoms. The molecule has 0 spiro atoms. The Morgan fingerprint density at radius 2 is 1.84 bits per heavy atom. The van der Waals surface area contributed by atoms with Gasteiger partial charge in [0.15, 0.2) is 0 Å². The summed E-state index contributed by atoms with van der Waals surface area (Å²) in [7, 11) is 0. The Morgan fingerprint density at radius 1 is 1.05 bits per heavy atom. The fourth-order valence-electron chi connectivity index (χ4n) is 2.37. The Bertz CT molecular complexity index is 615. The average molecular weight is 294 g/mol. The van der Waals surface area contributed by atoms with Crippen LogP contribution >= 0.6 is 23.2 Å². The molecule has 98 valence electrons. The number of halogens is 2. The quantitative estimate of drug-likeness (QED) is 0.839. The van der Waals surface area contributed by atoms with Gasteiger partial charge in [-0.2, -0.15) is 0 Å². The summed E-state index contributed by atoms with van der Waals surface area (Å²) in [6.07, 6.45) is 0.647. The van der Waals surface area contributed by atoms with Crippen molar-refractivity contribution in [3.05, 3.63) is 63.6 Å². The van der Waals surface area contributed by atoms with Gasteiger partial charge in [-0.15, -0.1) is 0 Å². The smallest absolute Gasteiger partial charge is 0.126 e. The van der Waals surface area contributed by atoms with E-state index in [-0.39, 0.29) is 12.1 Å². The fraction of sp³-hybridized carbons (Fsp3) is 0.200. The molecule has 0 saturated heterocycles. The molecule has 0 aliphatic carbocycles. The van der Waals surface area contributed by atoms with Gasteiger partial charge < -0.3 is 10.5 Å². The van der Waals surface area contributed by atoms with Gasteiger partial charge in [0.2, 0.25) is 0 Å². The predicted molar refractivity (Wildman–Crippen MR) is 77.8 cm³/mol. The van der Waals surface area contributed by atoms with E-state index in [2.05, 4.69) is 0 Å². The summed E-state index contributed by atoms with van der Waals surface area (Å²) in [5.41, 5.74) is 8.26. The SMILES string of the molecule is N[C@@H]1C[C@@H](c2ccc(Cl)c(Cl)c2)Oc2ccccc21. The number of para-hydroxylation sites is 1. The highest BCUT2D eigenvalue weighted by Gasteiger charge is 2.26. The molecule has 1 aliphatic rings. The van der Waals surface area contributed by atoms with Crippen LogP contribution < -0.4 is 10.5 Å². The second kappa shape index (κ2) is 5.04. The number of rotatable bonds is 1. The average Bonchev–Trinajstić information content (AvgIpc) is 2.42. The standard InChI is InChI=1S/C15H13Cl2NO/c16-11-6-5-9(7-12(11)17)15-8-13(18)10-3-1-2-4-14(10)19-15/h1-7,13,15H,8,18H2/t13-,15+/m1/s1. The molecule has 19 heavy (non-hydrogen) atoms. The van der Waals surface area contributed by atoms with Crippen LogP contribution in [0.5, 0.6) is 5.75 Å². The van der Waals surface area contributed by atoms with Crippen LogP contribution in [0.3, 0.4) is 0 Å². The molecule has 2 N–H and O–H groups in total. The number of ether oxygens (including phenoxy) is 1. The molecule has 0 saturated carbocycles. The molecule has 3 rings (SSSR count). The monoisotopic (exact) mass is 293 g/mol.